The molecule has 8 atom stereocenters. The minimum atomic E-state index is -1.72. The molecule has 21 heteroatoms. The summed E-state index contributed by atoms with van der Waals surface area (Å²) in [5, 5.41) is 60.6. The van der Waals surface area contributed by atoms with E-state index in [1.807, 2.05) is 0 Å². The second-order valence-corrected chi connectivity index (χ2v) is 12.0. The molecule has 0 heterocycles. The van der Waals surface area contributed by atoms with Crippen molar-refractivity contribution in [2.75, 3.05) is 19.8 Å². The third-order valence-electron chi connectivity index (χ3n) is 7.08. The largest absolute Gasteiger partial charge is 0.481 e. The predicted octanol–water partition coefficient (Wildman–Crippen LogP) is -5.66. The molecule has 0 aromatic carbocycles. The summed E-state index contributed by atoms with van der Waals surface area (Å²) in [6.45, 7) is 4.24. The topological polar surface area (TPSA) is 362 Å². The van der Waals surface area contributed by atoms with Gasteiger partial charge in [0.25, 0.3) is 0 Å². The summed E-state index contributed by atoms with van der Waals surface area (Å²) in [6.07, 6.45) is -1.50. The molecular formula is C29H52N8O13. The number of nitrogens with two attached hydrogens (primary N) is 2. The van der Waals surface area contributed by atoms with E-state index >= 15 is 0 Å². The van der Waals surface area contributed by atoms with E-state index in [2.05, 4.69) is 31.9 Å². The van der Waals surface area contributed by atoms with Gasteiger partial charge in [-0.25, -0.2) is 4.79 Å². The molecule has 0 unspecified atom stereocenters. The van der Waals surface area contributed by atoms with Gasteiger partial charge >= 0.3 is 11.9 Å². The van der Waals surface area contributed by atoms with Crippen LogP contribution in [0.2, 0.25) is 0 Å². The Morgan fingerprint density at radius 3 is 1.60 bits per heavy atom. The van der Waals surface area contributed by atoms with E-state index in [-0.39, 0.29) is 25.3 Å². The minimum absolute atomic E-state index is 0.00124. The number of carbonyl (C=O) groups is 8. The Morgan fingerprint density at radius 1 is 0.620 bits per heavy atom. The Kier molecular flexibility index (Phi) is 21.0. The van der Waals surface area contributed by atoms with Crippen molar-refractivity contribution in [3.05, 3.63) is 0 Å². The maximum absolute atomic E-state index is 13.4. The summed E-state index contributed by atoms with van der Waals surface area (Å²) in [4.78, 5) is 99.3. The van der Waals surface area contributed by atoms with Crippen molar-refractivity contribution < 1.29 is 63.9 Å². The Bertz CT molecular complexity index is 1190. The lowest BCUT2D eigenvalue weighted by molar-refractivity contribution is -0.143. The Balaban J connectivity index is 5.89. The van der Waals surface area contributed by atoms with Crippen molar-refractivity contribution in [3.63, 3.8) is 0 Å². The fraction of sp³-hybridized carbons (Fsp3) is 0.724. The fourth-order valence-electron chi connectivity index (χ4n) is 4.27. The number of carboxylic acid groups (broad SMARTS) is 2. The molecule has 15 N–H and O–H groups in total. The summed E-state index contributed by atoms with van der Waals surface area (Å²) in [5.74, 6) is -8.91. The van der Waals surface area contributed by atoms with E-state index in [1.54, 1.807) is 13.8 Å². The zero-order valence-electron chi connectivity index (χ0n) is 28.5. The average Bonchev–Trinajstić information content (AvgIpc) is 3.02. The molecule has 0 radical (unpaired) electrons. The molecule has 6 amide bonds. The SMILES string of the molecule is CC(C)C[C@H](NC(=O)[C@H](CCCCN)NC(=O)[C@H](CO)NC(=O)[C@@H](NC(=O)[C@@H](N)CC(=O)O)[C@@H](C)O)C(=O)N[C@@H](C)C(=O)N[C@@H](CO)C(=O)O. The summed E-state index contributed by atoms with van der Waals surface area (Å²) >= 11 is 0. The van der Waals surface area contributed by atoms with Gasteiger partial charge in [0, 0.05) is 0 Å². The van der Waals surface area contributed by atoms with Crippen LogP contribution < -0.4 is 43.4 Å². The van der Waals surface area contributed by atoms with Crippen molar-refractivity contribution in [2.24, 2.45) is 17.4 Å². The fourth-order valence-corrected chi connectivity index (χ4v) is 4.27. The normalized spacial score (nSPS) is 15.9. The van der Waals surface area contributed by atoms with Crippen LogP contribution in [0.3, 0.4) is 0 Å². The predicted molar refractivity (Wildman–Crippen MR) is 173 cm³/mol. The van der Waals surface area contributed by atoms with Gasteiger partial charge in [0.15, 0.2) is 0 Å². The number of rotatable bonds is 24. The maximum atomic E-state index is 13.4. The van der Waals surface area contributed by atoms with Crippen molar-refractivity contribution in [1.82, 2.24) is 31.9 Å². The zero-order chi connectivity index (χ0) is 38.7. The standard InChI is InChI=1S/C29H52N8O13/c1-13(2)9-18(26(46)32-14(3)23(43)36-20(12-39)29(49)50)34-25(45)17(7-5-6-8-30)33-27(47)19(11-38)35-28(48)22(15(4)40)37-24(44)16(31)10-21(41)42/h13-20,22,38-40H,5-12,30-31H2,1-4H3,(H,32,46)(H,33,47)(H,34,45)(H,35,48)(H,36,43)(H,37,44)(H,41,42)(H,49,50)/t14-,15+,16-,17-,18-,19-,20-,22-/m0/s1. The first-order chi connectivity index (χ1) is 23.3. The third-order valence-corrected chi connectivity index (χ3v) is 7.08. The smallest absolute Gasteiger partial charge is 0.328 e. The van der Waals surface area contributed by atoms with Crippen LogP contribution in [0.25, 0.3) is 0 Å². The lowest BCUT2D eigenvalue weighted by atomic mass is 10.0. The van der Waals surface area contributed by atoms with E-state index in [1.165, 1.54) is 6.92 Å². The molecule has 0 spiro atoms. The molecule has 0 aromatic heterocycles. The molecule has 0 saturated carbocycles. The highest BCUT2D eigenvalue weighted by Crippen LogP contribution is 2.09. The quantitative estimate of drug-likeness (QED) is 0.0413. The number of nitrogens with one attached hydrogen (secondary N) is 6. The molecule has 0 aliphatic carbocycles. The highest BCUT2D eigenvalue weighted by atomic mass is 16.4. The van der Waals surface area contributed by atoms with E-state index in [9.17, 15) is 48.6 Å². The monoisotopic (exact) mass is 720 g/mol. The first kappa shape index (κ1) is 45.6. The highest BCUT2D eigenvalue weighted by Gasteiger charge is 2.34. The van der Waals surface area contributed by atoms with Gasteiger partial charge in [-0.3, -0.25) is 33.6 Å². The second kappa shape index (κ2) is 23.1. The van der Waals surface area contributed by atoms with Gasteiger partial charge in [0.1, 0.15) is 36.3 Å². The zero-order valence-corrected chi connectivity index (χ0v) is 28.5. The van der Waals surface area contributed by atoms with Crippen LogP contribution in [0.1, 0.15) is 59.8 Å². The van der Waals surface area contributed by atoms with Gasteiger partial charge in [-0.1, -0.05) is 13.8 Å². The summed E-state index contributed by atoms with van der Waals surface area (Å²) in [7, 11) is 0. The molecule has 0 saturated heterocycles. The molecule has 21 nitrogen and oxygen atoms in total. The molecular weight excluding hydrogens is 668 g/mol. The molecule has 0 aliphatic heterocycles. The minimum Gasteiger partial charge on any atom is -0.481 e. The summed E-state index contributed by atoms with van der Waals surface area (Å²) in [6, 6.07) is -10.4. The number of hydrogen-bond donors (Lipinski definition) is 13. The summed E-state index contributed by atoms with van der Waals surface area (Å²) in [5.41, 5.74) is 11.1. The number of amides is 6. The van der Waals surface area contributed by atoms with Crippen molar-refractivity contribution in [3.8, 4) is 0 Å². The lowest BCUT2D eigenvalue weighted by Crippen LogP contribution is -2.61. The molecule has 0 bridgehead atoms. The van der Waals surface area contributed by atoms with E-state index < -0.39 is 115 Å². The third kappa shape index (κ3) is 16.8. The average molecular weight is 721 g/mol. The molecule has 0 aliphatic rings. The Hall–Kier alpha value is -4.44. The molecule has 286 valence electrons. The molecule has 0 aromatic rings. The number of aliphatic hydroxyl groups excluding tert-OH is 3. The number of unbranched alkanes of at least 4 members (excludes halogenated alkanes) is 1. The van der Waals surface area contributed by atoms with Crippen LogP contribution in [0.4, 0.5) is 0 Å². The first-order valence-electron chi connectivity index (χ1n) is 15.9. The van der Waals surface area contributed by atoms with Crippen LogP contribution in [0.15, 0.2) is 0 Å². The van der Waals surface area contributed by atoms with Gasteiger partial charge in [-0.05, 0) is 52.0 Å². The van der Waals surface area contributed by atoms with Crippen molar-refractivity contribution in [1.29, 1.82) is 0 Å². The first-order valence-corrected chi connectivity index (χ1v) is 15.9. The maximum Gasteiger partial charge on any atom is 0.328 e. The lowest BCUT2D eigenvalue weighted by Gasteiger charge is -2.27. The van der Waals surface area contributed by atoms with Gasteiger partial charge in [-0.15, -0.1) is 0 Å². The summed E-state index contributed by atoms with van der Waals surface area (Å²) < 4.78 is 0. The van der Waals surface area contributed by atoms with Gasteiger partial charge in [0.05, 0.1) is 31.8 Å². The number of hydrogen-bond acceptors (Lipinski definition) is 13. The van der Waals surface area contributed by atoms with Crippen molar-refractivity contribution in [2.45, 2.75) is 108 Å². The van der Waals surface area contributed by atoms with E-state index in [4.69, 9.17) is 26.8 Å². The van der Waals surface area contributed by atoms with E-state index in [0.29, 0.717) is 12.8 Å². The Labute approximate surface area is 288 Å². The van der Waals surface area contributed by atoms with Crippen LogP contribution in [-0.2, 0) is 38.4 Å². The highest BCUT2D eigenvalue weighted by molar-refractivity contribution is 5.97. The Morgan fingerprint density at radius 2 is 1.12 bits per heavy atom. The van der Waals surface area contributed by atoms with E-state index in [0.717, 1.165) is 6.92 Å². The number of carbonyl (C=O) groups excluding carboxylic acids is 6. The second-order valence-electron chi connectivity index (χ2n) is 12.0. The molecule has 0 fully saturated rings. The van der Waals surface area contributed by atoms with Crippen LogP contribution in [0, 0.1) is 5.92 Å². The van der Waals surface area contributed by atoms with Crippen LogP contribution in [0.5, 0.6) is 0 Å². The van der Waals surface area contributed by atoms with Gasteiger partial charge in [0.2, 0.25) is 35.4 Å². The number of aliphatic carboxylic acids is 2. The van der Waals surface area contributed by atoms with Gasteiger partial charge < -0.3 is 68.9 Å². The number of carboxylic acids is 2. The molecule has 0 rings (SSSR count). The molecule has 50 heavy (non-hydrogen) atoms. The number of aliphatic hydroxyl groups is 3. The van der Waals surface area contributed by atoms with Crippen molar-refractivity contribution >= 4 is 47.4 Å². The van der Waals surface area contributed by atoms with Gasteiger partial charge in [-0.2, -0.15) is 0 Å². The van der Waals surface area contributed by atoms with Crippen LogP contribution >= 0.6 is 0 Å². The van der Waals surface area contributed by atoms with Crippen LogP contribution in [-0.4, -0.2) is 141 Å².